The maximum atomic E-state index is 12.9. The van der Waals surface area contributed by atoms with E-state index in [4.69, 9.17) is 33.3 Å². The highest BCUT2D eigenvalue weighted by Crippen LogP contribution is 2.31. The molecule has 27 heteroatoms. The standard InChI is InChI=1S/C37H60N4O23/c1-17(44)11-40(12-21(45)38-8-4-2-3-5-25(49)64-41-23(47)6-7-24(41)48)13-22(46)39-9-10-58-36-33(57)34(63-37-32(56)30(54)27(51)19(15-43)61-37)28(52)20(62-36)16-59-35-31(55)29(53)26(50)18(14-42)60-35/h18-20,26-37,42-43,50-57H,2-16H2,1H3,(H,38,45)(H,39,46)/t18-,19-,20-,26-,27-,28-,29+,30+,31+,32+,33+,34+,35+,36+,37-/m1/s1. The van der Waals surface area contributed by atoms with Crippen LogP contribution in [0.1, 0.15) is 45.4 Å². The fourth-order valence-corrected chi connectivity index (χ4v) is 7.04. The van der Waals surface area contributed by atoms with Gasteiger partial charge >= 0.3 is 5.97 Å². The first-order valence-electron chi connectivity index (χ1n) is 20.7. The molecule has 4 saturated heterocycles. The topological polar surface area (TPSA) is 400 Å². The Balaban J connectivity index is 1.27. The molecule has 0 bridgehead atoms. The number of hydrogen-bond donors (Lipinski definition) is 12. The monoisotopic (exact) mass is 928 g/mol. The van der Waals surface area contributed by atoms with Crippen LogP contribution in [0.2, 0.25) is 0 Å². The van der Waals surface area contributed by atoms with Crippen LogP contribution in [0.4, 0.5) is 0 Å². The lowest BCUT2D eigenvalue weighted by Crippen LogP contribution is -2.65. The summed E-state index contributed by atoms with van der Waals surface area (Å²) in [5.41, 5.74) is 0. The van der Waals surface area contributed by atoms with Gasteiger partial charge in [-0.1, -0.05) is 6.42 Å². The lowest BCUT2D eigenvalue weighted by atomic mass is 9.96. The van der Waals surface area contributed by atoms with Crippen LogP contribution < -0.4 is 10.6 Å². The summed E-state index contributed by atoms with van der Waals surface area (Å²) >= 11 is 0. The first-order valence-corrected chi connectivity index (χ1v) is 20.7. The van der Waals surface area contributed by atoms with Gasteiger partial charge in [-0.25, -0.2) is 4.79 Å². The smallest absolute Gasteiger partial charge is 0.333 e. The van der Waals surface area contributed by atoms with Crippen molar-refractivity contribution >= 4 is 35.4 Å². The molecule has 0 aromatic heterocycles. The molecular formula is C37H60N4O23. The van der Waals surface area contributed by atoms with Crippen molar-refractivity contribution in [2.24, 2.45) is 0 Å². The van der Waals surface area contributed by atoms with Gasteiger partial charge in [0.2, 0.25) is 11.8 Å². The van der Waals surface area contributed by atoms with Crippen LogP contribution in [-0.4, -0.2) is 248 Å². The van der Waals surface area contributed by atoms with E-state index in [9.17, 15) is 79.8 Å². The number of hydrogen-bond acceptors (Lipinski definition) is 24. The molecule has 0 aromatic rings. The maximum absolute atomic E-state index is 12.9. The zero-order valence-electron chi connectivity index (χ0n) is 34.9. The molecule has 4 rings (SSSR count). The van der Waals surface area contributed by atoms with Crippen molar-refractivity contribution in [3.05, 3.63) is 0 Å². The molecule has 4 aliphatic rings. The van der Waals surface area contributed by atoms with E-state index in [1.807, 2.05) is 0 Å². The van der Waals surface area contributed by atoms with Gasteiger partial charge in [0.25, 0.3) is 11.8 Å². The molecule has 12 N–H and O–H groups in total. The number of carbonyl (C=O) groups excluding carboxylic acids is 6. The molecule has 15 atom stereocenters. The van der Waals surface area contributed by atoms with Gasteiger partial charge in [0, 0.05) is 32.4 Å². The number of nitrogens with one attached hydrogen (secondary N) is 2. The van der Waals surface area contributed by atoms with E-state index in [1.54, 1.807) is 0 Å². The largest absolute Gasteiger partial charge is 0.394 e. The molecule has 4 amide bonds. The van der Waals surface area contributed by atoms with Gasteiger partial charge in [-0.3, -0.25) is 28.9 Å². The summed E-state index contributed by atoms with van der Waals surface area (Å²) in [4.78, 5) is 78.6. The average molecular weight is 929 g/mol. The molecule has 4 aliphatic heterocycles. The highest BCUT2D eigenvalue weighted by atomic mass is 16.8. The Labute approximate surface area is 365 Å². The van der Waals surface area contributed by atoms with Crippen molar-refractivity contribution in [1.82, 2.24) is 20.6 Å². The number of nitrogens with zero attached hydrogens (tertiary/aromatic N) is 2. The van der Waals surface area contributed by atoms with Gasteiger partial charge in [0.05, 0.1) is 46.1 Å². The SMILES string of the molecule is CC(=O)CN(CC(=O)NCCCCCC(=O)ON1C(=O)CCC1=O)CC(=O)NCCO[C@H]1O[C@H](CO[C@H]2O[C@H](CO)[C@@H](O)[C@H](O)[C@@H]2O)[C@@H](O)[C@H](O[C@H]2O[C@H](CO)[C@@H](O)[C@H](O)[C@@H]2O)[C@@H]1O. The molecule has 4 heterocycles. The van der Waals surface area contributed by atoms with Crippen LogP contribution in [0.3, 0.4) is 0 Å². The zero-order valence-corrected chi connectivity index (χ0v) is 34.9. The summed E-state index contributed by atoms with van der Waals surface area (Å²) in [5.74, 6) is -3.39. The van der Waals surface area contributed by atoms with Gasteiger partial charge in [0.1, 0.15) is 79.0 Å². The molecule has 0 saturated carbocycles. The summed E-state index contributed by atoms with van der Waals surface area (Å²) in [6.07, 6.45) is -24.8. The summed E-state index contributed by atoms with van der Waals surface area (Å²) < 4.78 is 33.2. The number of aliphatic hydroxyl groups is 10. The molecule has 366 valence electrons. The molecule has 0 unspecified atom stereocenters. The third-order valence-corrected chi connectivity index (χ3v) is 10.5. The van der Waals surface area contributed by atoms with Crippen molar-refractivity contribution in [1.29, 1.82) is 0 Å². The van der Waals surface area contributed by atoms with Gasteiger partial charge in [-0.15, -0.1) is 5.06 Å². The normalized spacial score (nSPS) is 34.5. The third kappa shape index (κ3) is 14.8. The van der Waals surface area contributed by atoms with Crippen LogP contribution in [0.25, 0.3) is 0 Å². The Hall–Kier alpha value is -3.46. The maximum Gasteiger partial charge on any atom is 0.333 e. The fraction of sp³-hybridized carbons (Fsp3) is 0.838. The predicted octanol–water partition coefficient (Wildman–Crippen LogP) is -8.26. The minimum absolute atomic E-state index is 0.0211. The molecule has 64 heavy (non-hydrogen) atoms. The molecular weight excluding hydrogens is 868 g/mol. The van der Waals surface area contributed by atoms with Gasteiger partial charge < -0.3 is 95.0 Å². The number of imide groups is 1. The zero-order chi connectivity index (χ0) is 47.2. The minimum atomic E-state index is -1.95. The van der Waals surface area contributed by atoms with Gasteiger partial charge in [-0.2, -0.15) is 0 Å². The summed E-state index contributed by atoms with van der Waals surface area (Å²) in [7, 11) is 0. The number of aliphatic hydroxyl groups excluding tert-OH is 10. The van der Waals surface area contributed by atoms with Gasteiger partial charge in [0.15, 0.2) is 18.9 Å². The number of ether oxygens (including phenoxy) is 6. The molecule has 0 aromatic carbocycles. The first kappa shape index (κ1) is 53.2. The molecule has 0 radical (unpaired) electrons. The quantitative estimate of drug-likeness (QED) is 0.0316. The minimum Gasteiger partial charge on any atom is -0.394 e. The first-order chi connectivity index (χ1) is 30.4. The van der Waals surface area contributed by atoms with Crippen LogP contribution >= 0.6 is 0 Å². The molecule has 27 nitrogen and oxygen atoms in total. The summed E-state index contributed by atoms with van der Waals surface area (Å²) in [6, 6.07) is 0. The molecule has 0 spiro atoms. The van der Waals surface area contributed by atoms with E-state index < -0.39 is 148 Å². The second-order valence-electron chi connectivity index (χ2n) is 15.6. The average Bonchev–Trinajstić information content (AvgIpc) is 3.56. The predicted molar refractivity (Wildman–Crippen MR) is 204 cm³/mol. The number of hydroxylamine groups is 2. The van der Waals surface area contributed by atoms with Crippen molar-refractivity contribution < 1.29 is 113 Å². The number of unbranched alkanes of at least 4 members (excludes halogenated alkanes) is 2. The third-order valence-electron chi connectivity index (χ3n) is 10.5. The van der Waals surface area contributed by atoms with Gasteiger partial charge in [-0.05, 0) is 19.8 Å². The Morgan fingerprint density at radius 1 is 0.641 bits per heavy atom. The van der Waals surface area contributed by atoms with E-state index in [1.165, 1.54) is 11.8 Å². The number of carbonyl (C=O) groups is 6. The van der Waals surface area contributed by atoms with Crippen LogP contribution in [-0.2, 0) is 62.0 Å². The number of rotatable bonds is 24. The van der Waals surface area contributed by atoms with Crippen LogP contribution in [0.5, 0.6) is 0 Å². The molecule has 0 aliphatic carbocycles. The van der Waals surface area contributed by atoms with Crippen LogP contribution in [0, 0.1) is 0 Å². The van der Waals surface area contributed by atoms with Crippen molar-refractivity contribution in [3.8, 4) is 0 Å². The van der Waals surface area contributed by atoms with Crippen molar-refractivity contribution in [2.45, 2.75) is 138 Å². The number of ketones is 1. The number of amides is 4. The van der Waals surface area contributed by atoms with Crippen LogP contribution in [0.15, 0.2) is 0 Å². The van der Waals surface area contributed by atoms with Crippen molar-refractivity contribution in [2.75, 3.05) is 59.2 Å². The van der Waals surface area contributed by atoms with E-state index in [0.717, 1.165) is 0 Å². The summed E-state index contributed by atoms with van der Waals surface area (Å²) in [5, 5.41) is 109. The Bertz CT molecular complexity index is 1540. The highest BCUT2D eigenvalue weighted by Gasteiger charge is 2.52. The van der Waals surface area contributed by atoms with E-state index in [2.05, 4.69) is 10.6 Å². The lowest BCUT2D eigenvalue weighted by molar-refractivity contribution is -0.366. The number of Topliss-reactive ketones (excluding diaryl/α,β-unsaturated/α-hetero) is 1. The fourth-order valence-electron chi connectivity index (χ4n) is 7.04. The Kier molecular flexibility index (Phi) is 21.1. The Morgan fingerprint density at radius 2 is 1.17 bits per heavy atom. The highest BCUT2D eigenvalue weighted by molar-refractivity contribution is 6.01. The summed E-state index contributed by atoms with van der Waals surface area (Å²) in [6.45, 7) is -2.43. The van der Waals surface area contributed by atoms with E-state index >= 15 is 0 Å². The molecule has 4 fully saturated rings. The Morgan fingerprint density at radius 3 is 1.75 bits per heavy atom. The van der Waals surface area contributed by atoms with E-state index in [-0.39, 0.29) is 57.8 Å². The van der Waals surface area contributed by atoms with Crippen molar-refractivity contribution in [3.63, 3.8) is 0 Å². The second-order valence-corrected chi connectivity index (χ2v) is 15.6. The second kappa shape index (κ2) is 25.4. The van der Waals surface area contributed by atoms with E-state index in [0.29, 0.717) is 24.3 Å². The lowest BCUT2D eigenvalue weighted by Gasteiger charge is -2.46.